The van der Waals surface area contributed by atoms with Crippen molar-refractivity contribution in [1.82, 2.24) is 19.3 Å². The monoisotopic (exact) mass is 542 g/mol. The summed E-state index contributed by atoms with van der Waals surface area (Å²) in [6, 6.07) is 17.6. The molecule has 0 saturated heterocycles. The molecule has 0 unspecified atom stereocenters. The Hall–Kier alpha value is -3.94. The van der Waals surface area contributed by atoms with Gasteiger partial charge in [-0.2, -0.15) is 18.4 Å². The fourth-order valence-corrected chi connectivity index (χ4v) is 6.36. The molecule has 2 saturated carbocycles. The van der Waals surface area contributed by atoms with Gasteiger partial charge in [0.15, 0.2) is 0 Å². The van der Waals surface area contributed by atoms with Crippen molar-refractivity contribution in [3.63, 3.8) is 0 Å². The lowest BCUT2D eigenvalue weighted by atomic mass is 9.92. The molecule has 0 bridgehead atoms. The first-order valence-electron chi connectivity index (χ1n) is 13.3. The molecule has 6 rings (SSSR count). The van der Waals surface area contributed by atoms with E-state index < -0.39 is 10.2 Å². The van der Waals surface area contributed by atoms with E-state index in [1.807, 2.05) is 50.2 Å². The Morgan fingerprint density at radius 1 is 1.10 bits per heavy atom. The maximum Gasteiger partial charge on any atom is 0.322 e. The average Bonchev–Trinajstić information content (AvgIpc) is 3.67. The second-order valence-corrected chi connectivity index (χ2v) is 11.9. The third-order valence-corrected chi connectivity index (χ3v) is 8.78. The number of aromatic nitrogens is 3. The number of rotatable bonds is 9. The minimum absolute atomic E-state index is 0.0931. The highest BCUT2D eigenvalue weighted by atomic mass is 32.2. The van der Waals surface area contributed by atoms with Crippen LogP contribution in [0.3, 0.4) is 0 Å². The van der Waals surface area contributed by atoms with E-state index in [2.05, 4.69) is 30.0 Å². The standard InChI is InChI=1S/C29H30N6O3S/c1-18-14-15-31-29(32-18)38-24-12-13-25-26(17-30)28(35(27(25)16-24)23-4-3-5-23)21-8-10-22(11-9-21)34-39(36,37)33-19(2)20-6-7-20/h8-16,19-20,23,33-34H,3-7H2,1-2H3/t19-/m0/s1. The van der Waals surface area contributed by atoms with Crippen LogP contribution in [0, 0.1) is 24.2 Å². The van der Waals surface area contributed by atoms with Crippen LogP contribution in [0.25, 0.3) is 22.2 Å². The molecule has 2 aliphatic carbocycles. The van der Waals surface area contributed by atoms with Gasteiger partial charge in [0, 0.05) is 41.1 Å². The Labute approximate surface area is 228 Å². The van der Waals surface area contributed by atoms with Crippen LogP contribution in [-0.4, -0.2) is 29.0 Å². The van der Waals surface area contributed by atoms with Gasteiger partial charge in [0.1, 0.15) is 11.8 Å². The molecule has 1 atom stereocenters. The predicted molar refractivity (Wildman–Crippen MR) is 150 cm³/mol. The average molecular weight is 543 g/mol. The van der Waals surface area contributed by atoms with Crippen molar-refractivity contribution in [3.05, 3.63) is 66.0 Å². The molecule has 0 aliphatic heterocycles. The van der Waals surface area contributed by atoms with E-state index in [1.165, 1.54) is 0 Å². The first kappa shape index (κ1) is 25.3. The Morgan fingerprint density at radius 3 is 2.51 bits per heavy atom. The SMILES string of the molecule is Cc1ccnc(Oc2ccc3c(C#N)c(-c4ccc(NS(=O)(=O)N[C@@H](C)C5CC5)cc4)n(C4CCC4)c3c2)n1. The topological polar surface area (TPSA) is 122 Å². The van der Waals surface area contributed by atoms with Gasteiger partial charge in [-0.1, -0.05) is 12.1 Å². The van der Waals surface area contributed by atoms with Gasteiger partial charge in [-0.05, 0) is 87.8 Å². The van der Waals surface area contributed by atoms with Gasteiger partial charge in [0.05, 0.1) is 16.8 Å². The van der Waals surface area contributed by atoms with E-state index >= 15 is 0 Å². The fraction of sp³-hybridized carbons (Fsp3) is 0.345. The summed E-state index contributed by atoms with van der Waals surface area (Å²) in [5.74, 6) is 1.01. The van der Waals surface area contributed by atoms with Crippen molar-refractivity contribution < 1.29 is 13.2 Å². The third-order valence-electron chi connectivity index (χ3n) is 7.59. The maximum absolute atomic E-state index is 12.6. The van der Waals surface area contributed by atoms with Crippen LogP contribution >= 0.6 is 0 Å². The van der Waals surface area contributed by atoms with Crippen molar-refractivity contribution in [2.75, 3.05) is 4.72 Å². The number of benzene rings is 2. The molecule has 0 amide bonds. The van der Waals surface area contributed by atoms with Gasteiger partial charge in [-0.3, -0.25) is 4.72 Å². The number of nitrogens with zero attached hydrogens (tertiary/aromatic N) is 4. The molecule has 0 spiro atoms. The molecule has 2 N–H and O–H groups in total. The molecule has 200 valence electrons. The number of hydrogen-bond acceptors (Lipinski definition) is 6. The minimum atomic E-state index is -3.68. The smallest absolute Gasteiger partial charge is 0.322 e. The second-order valence-electron chi connectivity index (χ2n) is 10.5. The van der Waals surface area contributed by atoms with Crippen LogP contribution in [0.5, 0.6) is 11.8 Å². The van der Waals surface area contributed by atoms with E-state index in [1.54, 1.807) is 18.3 Å². The Balaban J connectivity index is 1.35. The summed E-state index contributed by atoms with van der Waals surface area (Å²) in [6.45, 7) is 3.78. The predicted octanol–water partition coefficient (Wildman–Crippen LogP) is 5.84. The molecule has 2 aromatic carbocycles. The zero-order valence-electron chi connectivity index (χ0n) is 21.9. The van der Waals surface area contributed by atoms with Gasteiger partial charge < -0.3 is 9.30 Å². The molecular formula is C29H30N6O3S. The van der Waals surface area contributed by atoms with Gasteiger partial charge in [-0.15, -0.1) is 0 Å². The van der Waals surface area contributed by atoms with E-state index in [0.717, 1.165) is 60.0 Å². The van der Waals surface area contributed by atoms with Gasteiger partial charge >= 0.3 is 6.01 Å². The molecule has 2 fully saturated rings. The zero-order valence-corrected chi connectivity index (χ0v) is 22.7. The van der Waals surface area contributed by atoms with Crippen LogP contribution in [-0.2, 0) is 10.2 Å². The zero-order chi connectivity index (χ0) is 27.1. The molecule has 2 aromatic heterocycles. The highest BCUT2D eigenvalue weighted by molar-refractivity contribution is 7.90. The summed E-state index contributed by atoms with van der Waals surface area (Å²) >= 11 is 0. The van der Waals surface area contributed by atoms with Crippen LogP contribution in [0.15, 0.2) is 54.7 Å². The van der Waals surface area contributed by atoms with Crippen molar-refractivity contribution in [2.24, 2.45) is 5.92 Å². The highest BCUT2D eigenvalue weighted by Gasteiger charge is 2.31. The summed E-state index contributed by atoms with van der Waals surface area (Å²) in [4.78, 5) is 8.54. The number of aryl methyl sites for hydroxylation is 1. The Bertz CT molecular complexity index is 1680. The highest BCUT2D eigenvalue weighted by Crippen LogP contribution is 2.43. The summed E-state index contributed by atoms with van der Waals surface area (Å²) < 4.78 is 38.7. The maximum atomic E-state index is 12.6. The summed E-state index contributed by atoms with van der Waals surface area (Å²) in [7, 11) is -3.68. The van der Waals surface area contributed by atoms with Crippen LogP contribution < -0.4 is 14.2 Å². The van der Waals surface area contributed by atoms with Gasteiger partial charge in [0.2, 0.25) is 0 Å². The first-order chi connectivity index (χ1) is 18.8. The van der Waals surface area contributed by atoms with E-state index in [4.69, 9.17) is 4.74 Å². The summed E-state index contributed by atoms with van der Waals surface area (Å²) in [5.41, 5.74) is 4.46. The molecule has 0 radical (unpaired) electrons. The van der Waals surface area contributed by atoms with Crippen molar-refractivity contribution in [1.29, 1.82) is 5.26 Å². The number of fused-ring (bicyclic) bond motifs is 1. The van der Waals surface area contributed by atoms with Crippen LogP contribution in [0.2, 0.25) is 0 Å². The molecular weight excluding hydrogens is 512 g/mol. The van der Waals surface area contributed by atoms with Gasteiger partial charge in [0.25, 0.3) is 10.2 Å². The molecule has 2 heterocycles. The second kappa shape index (κ2) is 9.98. The summed E-state index contributed by atoms with van der Waals surface area (Å²) in [5, 5.41) is 11.1. The van der Waals surface area contributed by atoms with E-state index in [9.17, 15) is 13.7 Å². The lowest BCUT2D eigenvalue weighted by molar-refractivity contribution is 0.324. The molecule has 39 heavy (non-hydrogen) atoms. The molecule has 9 nitrogen and oxygen atoms in total. The van der Waals surface area contributed by atoms with Crippen LogP contribution in [0.4, 0.5) is 5.69 Å². The quantitative estimate of drug-likeness (QED) is 0.274. The minimum Gasteiger partial charge on any atom is -0.424 e. The van der Waals surface area contributed by atoms with Gasteiger partial charge in [-0.25, -0.2) is 9.97 Å². The number of ether oxygens (including phenoxy) is 1. The molecule has 10 heteroatoms. The Kier molecular flexibility index (Phi) is 6.49. The van der Waals surface area contributed by atoms with E-state index in [0.29, 0.717) is 22.9 Å². The Morgan fingerprint density at radius 2 is 1.87 bits per heavy atom. The number of hydrogen-bond donors (Lipinski definition) is 2. The fourth-order valence-electron chi connectivity index (χ4n) is 5.17. The van der Waals surface area contributed by atoms with Crippen molar-refractivity contribution in [3.8, 4) is 29.1 Å². The van der Waals surface area contributed by atoms with Crippen LogP contribution in [0.1, 0.15) is 56.3 Å². The number of anilines is 1. The van der Waals surface area contributed by atoms with E-state index in [-0.39, 0.29) is 18.1 Å². The number of nitriles is 1. The van der Waals surface area contributed by atoms with Crippen molar-refractivity contribution >= 4 is 26.8 Å². The largest absolute Gasteiger partial charge is 0.424 e. The lowest BCUT2D eigenvalue weighted by Gasteiger charge is -2.30. The first-order valence-corrected chi connectivity index (χ1v) is 14.8. The summed E-state index contributed by atoms with van der Waals surface area (Å²) in [6.07, 6.45) is 6.95. The third kappa shape index (κ3) is 5.20. The lowest BCUT2D eigenvalue weighted by Crippen LogP contribution is -2.38. The molecule has 4 aromatic rings. The molecule has 2 aliphatic rings. The van der Waals surface area contributed by atoms with Crippen molar-refractivity contribution in [2.45, 2.75) is 58.0 Å². The normalized spacial score (nSPS) is 16.4. The number of nitrogens with one attached hydrogen (secondary N) is 2.